The Labute approximate surface area is 370 Å². The number of aliphatic imine (C=N–C) groups is 1. The Morgan fingerprint density at radius 3 is 1.84 bits per heavy atom. The number of hydrogen-bond acceptors (Lipinski definition) is 3. The van der Waals surface area contributed by atoms with E-state index in [2.05, 4.69) is 163 Å². The topological polar surface area (TPSA) is 50.4 Å². The van der Waals surface area contributed by atoms with Gasteiger partial charge in [0.15, 0.2) is 0 Å². The highest BCUT2D eigenvalue weighted by molar-refractivity contribution is 5.95. The molecule has 0 bridgehead atoms. The van der Waals surface area contributed by atoms with Crippen LogP contribution in [-0.4, -0.2) is 6.72 Å². The van der Waals surface area contributed by atoms with Gasteiger partial charge in [-0.25, -0.2) is 0 Å². The molecule has 1 aliphatic rings. The molecule has 0 radical (unpaired) electrons. The van der Waals surface area contributed by atoms with Crippen molar-refractivity contribution in [1.82, 2.24) is 5.32 Å². The Kier molecular flexibility index (Phi) is 15.8. The maximum Gasteiger partial charge on any atom is 0.143 e. The number of nitrogens with zero attached hydrogens (tertiary/aromatic N) is 1. The van der Waals surface area contributed by atoms with Gasteiger partial charge in [-0.3, -0.25) is 4.99 Å². The second kappa shape index (κ2) is 22.0. The Bertz CT molecular complexity index is 2610. The van der Waals surface area contributed by atoms with Crippen LogP contribution in [0.3, 0.4) is 0 Å². The second-order valence-electron chi connectivity index (χ2n) is 15.2. The lowest BCUT2D eigenvalue weighted by Crippen LogP contribution is -2.34. The monoisotopic (exact) mass is 809 g/mol. The first-order chi connectivity index (χ1) is 30.4. The van der Waals surface area contributed by atoms with Crippen molar-refractivity contribution in [3.05, 3.63) is 257 Å². The first kappa shape index (κ1) is 44.5. The number of rotatable bonds is 12. The zero-order chi connectivity index (χ0) is 43.7. The van der Waals surface area contributed by atoms with Gasteiger partial charge in [0.2, 0.25) is 0 Å². The number of fused-ring (bicyclic) bond motifs is 3. The molecule has 7 aromatic rings. The van der Waals surface area contributed by atoms with Crippen molar-refractivity contribution in [2.75, 3.05) is 0 Å². The van der Waals surface area contributed by atoms with Gasteiger partial charge in [-0.2, -0.15) is 0 Å². The van der Waals surface area contributed by atoms with Gasteiger partial charge < -0.3 is 11.1 Å². The maximum atomic E-state index is 6.36. The number of allylic oxidation sites excluding steroid dienone is 7. The SMILES string of the molecule is C=NC(N\C(=C/C=C\C=C/C=C/C)c1ccccc1)c1cccc(-c2ccc(-c3cccc(C)c3)c3c2Cc2ccccc2-3)c1.CC.CC(N)(c1ccccc1)c1ccccc1. The molecule has 1 aliphatic carbocycles. The molecule has 0 heterocycles. The molecule has 0 saturated carbocycles. The van der Waals surface area contributed by atoms with E-state index in [1.165, 1.54) is 50.1 Å². The van der Waals surface area contributed by atoms with E-state index in [0.29, 0.717) is 0 Å². The first-order valence-electron chi connectivity index (χ1n) is 21.6. The number of nitrogens with two attached hydrogens (primary N) is 1. The van der Waals surface area contributed by atoms with Crippen LogP contribution in [0.25, 0.3) is 39.1 Å². The van der Waals surface area contributed by atoms with Crippen LogP contribution < -0.4 is 11.1 Å². The number of benzene rings is 7. The van der Waals surface area contributed by atoms with Crippen LogP contribution in [0.2, 0.25) is 0 Å². The lowest BCUT2D eigenvalue weighted by molar-refractivity contribution is 0.603. The highest BCUT2D eigenvalue weighted by atomic mass is 15.1. The van der Waals surface area contributed by atoms with Crippen molar-refractivity contribution >= 4 is 12.4 Å². The van der Waals surface area contributed by atoms with Gasteiger partial charge in [0.05, 0.1) is 5.54 Å². The molecule has 0 aromatic heterocycles. The predicted octanol–water partition coefficient (Wildman–Crippen LogP) is 14.9. The minimum atomic E-state index is -0.414. The third-order valence-corrected chi connectivity index (χ3v) is 11.0. The van der Waals surface area contributed by atoms with Gasteiger partial charge in [0, 0.05) is 5.70 Å². The van der Waals surface area contributed by atoms with E-state index < -0.39 is 5.54 Å². The molecule has 62 heavy (non-hydrogen) atoms. The first-order valence-corrected chi connectivity index (χ1v) is 21.6. The average Bonchev–Trinajstić information content (AvgIpc) is 3.72. The summed E-state index contributed by atoms with van der Waals surface area (Å²) < 4.78 is 0. The lowest BCUT2D eigenvalue weighted by atomic mass is 9.86. The summed E-state index contributed by atoms with van der Waals surface area (Å²) in [4.78, 5) is 4.54. The zero-order valence-electron chi connectivity index (χ0n) is 36.8. The summed E-state index contributed by atoms with van der Waals surface area (Å²) in [6.07, 6.45) is 14.8. The highest BCUT2D eigenvalue weighted by Crippen LogP contribution is 2.47. The molecule has 1 atom stereocenters. The van der Waals surface area contributed by atoms with E-state index in [0.717, 1.165) is 34.4 Å². The smallest absolute Gasteiger partial charge is 0.143 e. The number of nitrogens with one attached hydrogen (secondary N) is 1. The fraction of sp³-hybridized carbons (Fsp3) is 0.136. The second-order valence-corrected chi connectivity index (χ2v) is 15.2. The van der Waals surface area contributed by atoms with Crippen molar-refractivity contribution in [3.8, 4) is 33.4 Å². The van der Waals surface area contributed by atoms with E-state index in [9.17, 15) is 0 Å². The molecule has 3 heteroatoms. The summed E-state index contributed by atoms with van der Waals surface area (Å²) in [5.41, 5.74) is 23.0. The van der Waals surface area contributed by atoms with E-state index >= 15 is 0 Å². The normalized spacial score (nSPS) is 12.5. The molecule has 0 saturated heterocycles. The average molecular weight is 810 g/mol. The van der Waals surface area contributed by atoms with E-state index in [4.69, 9.17) is 5.73 Å². The van der Waals surface area contributed by atoms with Crippen molar-refractivity contribution < 1.29 is 0 Å². The van der Waals surface area contributed by atoms with Crippen molar-refractivity contribution in [1.29, 1.82) is 0 Å². The van der Waals surface area contributed by atoms with Gasteiger partial charge in [-0.1, -0.05) is 226 Å². The van der Waals surface area contributed by atoms with Crippen LogP contribution >= 0.6 is 0 Å². The molecule has 0 aliphatic heterocycles. The van der Waals surface area contributed by atoms with Crippen LogP contribution in [0.5, 0.6) is 0 Å². The van der Waals surface area contributed by atoms with E-state index in [-0.39, 0.29) is 6.17 Å². The van der Waals surface area contributed by atoms with Gasteiger partial charge in [0.1, 0.15) is 6.17 Å². The van der Waals surface area contributed by atoms with Crippen LogP contribution in [0.4, 0.5) is 0 Å². The van der Waals surface area contributed by atoms with Gasteiger partial charge >= 0.3 is 0 Å². The molecular formula is C59H59N3. The third-order valence-electron chi connectivity index (χ3n) is 11.0. The molecule has 7 aromatic carbocycles. The van der Waals surface area contributed by atoms with E-state index in [1.807, 2.05) is 107 Å². The van der Waals surface area contributed by atoms with Gasteiger partial charge in [-0.05, 0) is 113 Å². The molecule has 3 N–H and O–H groups in total. The maximum absolute atomic E-state index is 6.36. The summed E-state index contributed by atoms with van der Waals surface area (Å²) in [7, 11) is 0. The molecule has 3 nitrogen and oxygen atoms in total. The summed E-state index contributed by atoms with van der Waals surface area (Å²) in [5, 5.41) is 3.66. The molecule has 310 valence electrons. The third kappa shape index (κ3) is 10.8. The zero-order valence-corrected chi connectivity index (χ0v) is 36.8. The molecule has 8 rings (SSSR count). The molecular weight excluding hydrogens is 751 g/mol. The minimum absolute atomic E-state index is 0.319. The van der Waals surface area contributed by atoms with Crippen LogP contribution in [0, 0.1) is 6.92 Å². The predicted molar refractivity (Wildman–Crippen MR) is 268 cm³/mol. The molecule has 0 fully saturated rings. The molecule has 1 unspecified atom stereocenters. The van der Waals surface area contributed by atoms with Crippen LogP contribution in [-0.2, 0) is 12.0 Å². The fourth-order valence-electron chi connectivity index (χ4n) is 7.87. The highest BCUT2D eigenvalue weighted by Gasteiger charge is 2.26. The molecule has 0 amide bonds. The number of aryl methyl sites for hydroxylation is 1. The summed E-state index contributed by atoms with van der Waals surface area (Å²) in [5.74, 6) is 0. The molecule has 0 spiro atoms. The Morgan fingerprint density at radius 2 is 1.19 bits per heavy atom. The fourth-order valence-corrected chi connectivity index (χ4v) is 7.87. The summed E-state index contributed by atoms with van der Waals surface area (Å²) in [6, 6.07) is 61.7. The van der Waals surface area contributed by atoms with Crippen molar-refractivity contribution in [2.45, 2.75) is 52.7 Å². The Balaban J connectivity index is 0.000000316. The summed E-state index contributed by atoms with van der Waals surface area (Å²) >= 11 is 0. The summed E-state index contributed by atoms with van der Waals surface area (Å²) in [6.45, 7) is 14.2. The van der Waals surface area contributed by atoms with Crippen LogP contribution in [0.15, 0.2) is 223 Å². The lowest BCUT2D eigenvalue weighted by Gasteiger charge is -2.25. The standard InChI is InChI=1S/C43H38N2.C14H15N.C2H6/c1-4-5-6-7-8-12-25-41(32-18-10-9-11-19-32)45-43(44-3)36-23-16-22-34(29-36)37-26-27-39(33-21-15-17-31(2)28-33)42-38-24-14-13-20-35(38)30-40(37)42;1-14(15,12-8-4-2-5-9-12)13-10-6-3-7-11-13;1-2/h4-29,43,45H,3,30H2,1-2H3;2-11H,15H2,1H3;1-2H3/b5-4+,7-6-,12-8-,41-25-;;. The van der Waals surface area contributed by atoms with E-state index in [1.54, 1.807) is 0 Å². The van der Waals surface area contributed by atoms with Gasteiger partial charge in [0.25, 0.3) is 0 Å². The van der Waals surface area contributed by atoms with Gasteiger partial charge in [-0.15, -0.1) is 0 Å². The quantitative estimate of drug-likeness (QED) is 0.0954. The van der Waals surface area contributed by atoms with Crippen LogP contribution in [0.1, 0.15) is 72.8 Å². The number of hydrogen-bond donors (Lipinski definition) is 2. The Hall–Kier alpha value is -7.07. The van der Waals surface area contributed by atoms with Crippen molar-refractivity contribution in [2.24, 2.45) is 10.7 Å². The van der Waals surface area contributed by atoms with Crippen molar-refractivity contribution in [3.63, 3.8) is 0 Å². The Morgan fingerprint density at radius 1 is 0.629 bits per heavy atom. The largest absolute Gasteiger partial charge is 0.360 e. The minimum Gasteiger partial charge on any atom is -0.360 e.